The van der Waals surface area contributed by atoms with Crippen LogP contribution in [0, 0.1) is 6.92 Å². The standard InChI is InChI=1S/C54H55N3O6S/c1-37-17-29-49(30-18-37)64(60,61)56-51(31-39-11-5-4-6-12-39)53(59)55-34-47-15-9-10-16-50(47)42-24-26-44(27-25-42)54-62-48(33-52(63-54)43-21-19-40(36-58)20-22-43)35-57(3)38(2)45-28-23-41-13-7-8-14-46(41)32-45/h4-30,32,38,48,51-52,54,56,58H,31,33-36H2,1-3H3,(H,55,59)/t38-,48+,51-,52-,54-/m1/s1. The maximum absolute atomic E-state index is 13.9. The molecule has 7 aromatic rings. The molecule has 0 unspecified atom stereocenters. The molecular weight excluding hydrogens is 819 g/mol. The van der Waals surface area contributed by atoms with Crippen LogP contribution in [0.5, 0.6) is 0 Å². The molecule has 0 radical (unpaired) electrons. The second-order valence-electron chi connectivity index (χ2n) is 16.7. The number of hydrogen-bond acceptors (Lipinski definition) is 7. The highest BCUT2D eigenvalue weighted by atomic mass is 32.2. The van der Waals surface area contributed by atoms with Gasteiger partial charge < -0.3 is 19.9 Å². The number of fused-ring (bicyclic) bond motifs is 1. The van der Waals surface area contributed by atoms with Gasteiger partial charge in [-0.05, 0) is 95.2 Å². The average molecular weight is 874 g/mol. The van der Waals surface area contributed by atoms with Crippen molar-refractivity contribution >= 4 is 26.7 Å². The number of aliphatic hydroxyl groups is 1. The molecule has 5 atom stereocenters. The van der Waals surface area contributed by atoms with Crippen LogP contribution < -0.4 is 10.0 Å². The number of aryl methyl sites for hydroxylation is 1. The zero-order valence-corrected chi connectivity index (χ0v) is 37.2. The van der Waals surface area contributed by atoms with E-state index in [9.17, 15) is 18.3 Å². The Morgan fingerprint density at radius 3 is 2.16 bits per heavy atom. The van der Waals surface area contributed by atoms with E-state index in [0.29, 0.717) is 13.0 Å². The van der Waals surface area contributed by atoms with E-state index in [0.717, 1.165) is 44.5 Å². The number of hydrogen-bond donors (Lipinski definition) is 3. The van der Waals surface area contributed by atoms with Crippen molar-refractivity contribution in [3.05, 3.63) is 209 Å². The fraction of sp³-hybridized carbons (Fsp3) is 0.241. The smallest absolute Gasteiger partial charge is 0.241 e. The molecule has 64 heavy (non-hydrogen) atoms. The highest BCUT2D eigenvalue weighted by molar-refractivity contribution is 7.89. The highest BCUT2D eigenvalue weighted by Gasteiger charge is 2.34. The van der Waals surface area contributed by atoms with Crippen molar-refractivity contribution in [2.75, 3.05) is 13.6 Å². The molecule has 0 aliphatic carbocycles. The van der Waals surface area contributed by atoms with Gasteiger partial charge >= 0.3 is 0 Å². The first kappa shape index (κ1) is 44.6. The van der Waals surface area contributed by atoms with Crippen LogP contribution >= 0.6 is 0 Å². The molecule has 1 aliphatic heterocycles. The lowest BCUT2D eigenvalue weighted by atomic mass is 9.97. The topological polar surface area (TPSA) is 117 Å². The Labute approximate surface area is 376 Å². The number of rotatable bonds is 16. The van der Waals surface area contributed by atoms with Crippen molar-refractivity contribution in [2.45, 2.75) is 75.3 Å². The van der Waals surface area contributed by atoms with Crippen molar-refractivity contribution in [3.63, 3.8) is 0 Å². The zero-order valence-electron chi connectivity index (χ0n) is 36.4. The number of nitrogens with one attached hydrogen (secondary N) is 2. The molecular formula is C54H55N3O6S. The summed E-state index contributed by atoms with van der Waals surface area (Å²) in [5.41, 5.74) is 8.53. The van der Waals surface area contributed by atoms with Gasteiger partial charge in [0.15, 0.2) is 6.29 Å². The Hall–Kier alpha value is -5.98. The zero-order chi connectivity index (χ0) is 44.6. The van der Waals surface area contributed by atoms with Crippen LogP contribution in [0.15, 0.2) is 175 Å². The number of sulfonamides is 1. The molecule has 328 valence electrons. The van der Waals surface area contributed by atoms with Gasteiger partial charge in [-0.1, -0.05) is 157 Å². The molecule has 3 N–H and O–H groups in total. The average Bonchev–Trinajstić information content (AvgIpc) is 3.33. The van der Waals surface area contributed by atoms with Crippen LogP contribution in [0.25, 0.3) is 21.9 Å². The van der Waals surface area contributed by atoms with Crippen LogP contribution in [-0.2, 0) is 43.9 Å². The van der Waals surface area contributed by atoms with Gasteiger partial charge in [-0.2, -0.15) is 4.72 Å². The first-order valence-electron chi connectivity index (χ1n) is 21.8. The van der Waals surface area contributed by atoms with E-state index in [1.165, 1.54) is 16.3 Å². The summed E-state index contributed by atoms with van der Waals surface area (Å²) >= 11 is 0. The molecule has 1 saturated heterocycles. The van der Waals surface area contributed by atoms with Crippen molar-refractivity contribution in [1.29, 1.82) is 0 Å². The minimum Gasteiger partial charge on any atom is -0.392 e. The maximum Gasteiger partial charge on any atom is 0.241 e. The maximum atomic E-state index is 13.9. The van der Waals surface area contributed by atoms with E-state index >= 15 is 0 Å². The molecule has 0 bridgehead atoms. The molecule has 9 nitrogen and oxygen atoms in total. The van der Waals surface area contributed by atoms with Crippen LogP contribution in [-0.4, -0.2) is 50.1 Å². The molecule has 1 fully saturated rings. The lowest BCUT2D eigenvalue weighted by molar-refractivity contribution is -0.253. The van der Waals surface area contributed by atoms with Crippen molar-refractivity contribution in [1.82, 2.24) is 14.9 Å². The SMILES string of the molecule is Cc1ccc(S(=O)(=O)N[C@H](Cc2ccccc2)C(=O)NCc2ccccc2-c2ccc([C@@H]3O[C@H](CN(C)[C@H](C)c4ccc5ccccc5c4)C[C@H](c4ccc(CO)cc4)O3)cc2)cc1. The molecule has 7 aromatic carbocycles. The van der Waals surface area contributed by atoms with E-state index in [2.05, 4.69) is 71.4 Å². The highest BCUT2D eigenvalue weighted by Crippen LogP contribution is 2.39. The van der Waals surface area contributed by atoms with E-state index < -0.39 is 28.3 Å². The van der Waals surface area contributed by atoms with Crippen LogP contribution in [0.3, 0.4) is 0 Å². The van der Waals surface area contributed by atoms with Gasteiger partial charge in [-0.3, -0.25) is 9.69 Å². The molecule has 0 spiro atoms. The number of ether oxygens (including phenoxy) is 2. The van der Waals surface area contributed by atoms with Crippen LogP contribution in [0.1, 0.15) is 70.7 Å². The van der Waals surface area contributed by atoms with Gasteiger partial charge in [0.2, 0.25) is 15.9 Å². The van der Waals surface area contributed by atoms with Crippen molar-refractivity contribution in [2.24, 2.45) is 0 Å². The second-order valence-corrected chi connectivity index (χ2v) is 18.5. The van der Waals surface area contributed by atoms with Gasteiger partial charge in [0.25, 0.3) is 0 Å². The van der Waals surface area contributed by atoms with Crippen LogP contribution in [0.2, 0.25) is 0 Å². The van der Waals surface area contributed by atoms with Crippen molar-refractivity contribution < 1.29 is 27.8 Å². The Balaban J connectivity index is 0.983. The Morgan fingerprint density at radius 2 is 1.42 bits per heavy atom. The summed E-state index contributed by atoms with van der Waals surface area (Å²) in [5, 5.41) is 15.2. The summed E-state index contributed by atoms with van der Waals surface area (Å²) in [6, 6.07) is 54.1. The summed E-state index contributed by atoms with van der Waals surface area (Å²) in [7, 11) is -1.85. The minimum absolute atomic E-state index is 0.0235. The number of likely N-dealkylation sites (N-methyl/N-ethyl adjacent to an activating group) is 1. The predicted molar refractivity (Wildman–Crippen MR) is 253 cm³/mol. The molecule has 0 aromatic heterocycles. The van der Waals surface area contributed by atoms with Crippen molar-refractivity contribution in [3.8, 4) is 11.1 Å². The summed E-state index contributed by atoms with van der Waals surface area (Å²) in [6.07, 6.45) is -0.135. The largest absolute Gasteiger partial charge is 0.392 e. The van der Waals surface area contributed by atoms with Gasteiger partial charge in [0, 0.05) is 31.1 Å². The third-order valence-electron chi connectivity index (χ3n) is 12.2. The predicted octanol–water partition coefficient (Wildman–Crippen LogP) is 9.75. The summed E-state index contributed by atoms with van der Waals surface area (Å²) in [5.74, 6) is -0.427. The number of carbonyl (C=O) groups is 1. The summed E-state index contributed by atoms with van der Waals surface area (Å²) in [4.78, 5) is 16.3. The number of benzene rings is 7. The number of carbonyl (C=O) groups excluding carboxylic acids is 1. The molecule has 8 rings (SSSR count). The molecule has 1 aliphatic rings. The number of aliphatic hydroxyl groups excluding tert-OH is 1. The minimum atomic E-state index is -3.99. The Kier molecular flexibility index (Phi) is 14.1. The van der Waals surface area contributed by atoms with Gasteiger partial charge in [0.05, 0.1) is 23.7 Å². The first-order valence-corrected chi connectivity index (χ1v) is 23.3. The second kappa shape index (κ2) is 20.2. The molecule has 1 amide bonds. The van der Waals surface area contributed by atoms with E-state index in [-0.39, 0.29) is 42.7 Å². The normalized spacial score (nSPS) is 17.5. The van der Waals surface area contributed by atoms with Gasteiger partial charge in [0.1, 0.15) is 6.04 Å². The lowest BCUT2D eigenvalue weighted by Crippen LogP contribution is -2.47. The molecule has 10 heteroatoms. The monoisotopic (exact) mass is 873 g/mol. The quantitative estimate of drug-likeness (QED) is 0.0886. The third kappa shape index (κ3) is 10.8. The van der Waals surface area contributed by atoms with Crippen LogP contribution in [0.4, 0.5) is 0 Å². The Morgan fingerprint density at radius 1 is 0.750 bits per heavy atom. The lowest BCUT2D eigenvalue weighted by Gasteiger charge is -2.39. The number of nitrogens with zero attached hydrogens (tertiary/aromatic N) is 1. The third-order valence-corrected chi connectivity index (χ3v) is 13.7. The summed E-state index contributed by atoms with van der Waals surface area (Å²) in [6.45, 7) is 4.97. The van der Waals surface area contributed by atoms with E-state index in [1.54, 1.807) is 24.3 Å². The first-order chi connectivity index (χ1) is 31.0. The van der Waals surface area contributed by atoms with E-state index in [1.807, 2.05) is 110 Å². The molecule has 1 heterocycles. The Bertz CT molecular complexity index is 2760. The summed E-state index contributed by atoms with van der Waals surface area (Å²) < 4.78 is 43.1. The fourth-order valence-electron chi connectivity index (χ4n) is 8.33. The number of amides is 1. The van der Waals surface area contributed by atoms with E-state index in [4.69, 9.17) is 9.47 Å². The van der Waals surface area contributed by atoms with Gasteiger partial charge in [-0.15, -0.1) is 0 Å². The van der Waals surface area contributed by atoms with Gasteiger partial charge in [-0.25, -0.2) is 8.42 Å². The molecule has 0 saturated carbocycles. The fourth-order valence-corrected chi connectivity index (χ4v) is 9.52.